The van der Waals surface area contributed by atoms with Crippen LogP contribution in [-0.2, 0) is 10.0 Å². The van der Waals surface area contributed by atoms with Crippen molar-refractivity contribution in [1.29, 1.82) is 0 Å². The summed E-state index contributed by atoms with van der Waals surface area (Å²) >= 11 is 0. The Labute approximate surface area is 190 Å². The molecule has 0 radical (unpaired) electrons. The average Bonchev–Trinajstić information content (AvgIpc) is 2.77. The van der Waals surface area contributed by atoms with Crippen molar-refractivity contribution in [2.75, 3.05) is 28.0 Å². The van der Waals surface area contributed by atoms with E-state index in [9.17, 15) is 8.42 Å². The maximum atomic E-state index is 12.7. The molecule has 1 aliphatic rings. The summed E-state index contributed by atoms with van der Waals surface area (Å²) in [5, 5.41) is 3.30. The first-order valence-electron chi connectivity index (χ1n) is 10.9. The van der Waals surface area contributed by atoms with E-state index in [1.807, 2.05) is 45.0 Å². The Morgan fingerprint density at radius 1 is 0.812 bits per heavy atom. The van der Waals surface area contributed by atoms with Crippen LogP contribution in [0.5, 0.6) is 0 Å². The minimum Gasteiger partial charge on any atom is -0.356 e. The molecule has 32 heavy (non-hydrogen) atoms. The highest BCUT2D eigenvalue weighted by atomic mass is 32.2. The molecule has 0 atom stereocenters. The minimum atomic E-state index is -3.64. The molecule has 0 unspecified atom stereocenters. The molecule has 0 aliphatic carbocycles. The van der Waals surface area contributed by atoms with Gasteiger partial charge in [0.2, 0.25) is 0 Å². The second kappa shape index (κ2) is 9.16. The SMILES string of the molecule is Cc1nc(Nc2ccc(NS(=O)(=O)c3ccc(C)c(C)c3)cc2)cc(N2CCCCC2)n1. The summed E-state index contributed by atoms with van der Waals surface area (Å²) in [6, 6.07) is 14.2. The summed E-state index contributed by atoms with van der Waals surface area (Å²) in [6.45, 7) is 7.79. The van der Waals surface area contributed by atoms with Gasteiger partial charge in [0.15, 0.2) is 0 Å². The number of piperidine rings is 1. The van der Waals surface area contributed by atoms with Gasteiger partial charge in [0.05, 0.1) is 4.90 Å². The van der Waals surface area contributed by atoms with E-state index in [1.54, 1.807) is 24.3 Å². The molecule has 0 amide bonds. The Morgan fingerprint density at radius 3 is 2.19 bits per heavy atom. The topological polar surface area (TPSA) is 87.2 Å². The summed E-state index contributed by atoms with van der Waals surface area (Å²) < 4.78 is 28.1. The van der Waals surface area contributed by atoms with Crippen LogP contribution in [0, 0.1) is 20.8 Å². The van der Waals surface area contributed by atoms with Gasteiger partial charge in [0, 0.05) is 30.5 Å². The summed E-state index contributed by atoms with van der Waals surface area (Å²) in [7, 11) is -3.64. The van der Waals surface area contributed by atoms with Gasteiger partial charge in [-0.25, -0.2) is 18.4 Å². The molecule has 3 aromatic rings. The summed E-state index contributed by atoms with van der Waals surface area (Å²) in [5.41, 5.74) is 3.32. The number of hydrogen-bond acceptors (Lipinski definition) is 6. The number of aryl methyl sites for hydroxylation is 3. The Morgan fingerprint density at radius 2 is 1.50 bits per heavy atom. The quantitative estimate of drug-likeness (QED) is 0.552. The lowest BCUT2D eigenvalue weighted by atomic mass is 10.1. The van der Waals surface area contributed by atoms with Crippen molar-refractivity contribution in [3.63, 3.8) is 0 Å². The lowest BCUT2D eigenvalue weighted by Gasteiger charge is -2.28. The van der Waals surface area contributed by atoms with Gasteiger partial charge in [-0.05, 0) is 87.6 Å². The largest absolute Gasteiger partial charge is 0.356 e. The van der Waals surface area contributed by atoms with Gasteiger partial charge in [-0.15, -0.1) is 0 Å². The van der Waals surface area contributed by atoms with Crippen LogP contribution in [0.3, 0.4) is 0 Å². The highest BCUT2D eigenvalue weighted by molar-refractivity contribution is 7.92. The molecule has 0 saturated carbocycles. The van der Waals surface area contributed by atoms with Crippen molar-refractivity contribution in [2.24, 2.45) is 0 Å². The van der Waals surface area contributed by atoms with Crippen LogP contribution in [0.4, 0.5) is 23.0 Å². The molecule has 4 rings (SSSR count). The molecule has 2 heterocycles. The molecule has 7 nitrogen and oxygen atoms in total. The zero-order chi connectivity index (χ0) is 22.7. The fourth-order valence-corrected chi connectivity index (χ4v) is 4.91. The maximum Gasteiger partial charge on any atom is 0.261 e. The van der Waals surface area contributed by atoms with Gasteiger partial charge in [0.1, 0.15) is 17.5 Å². The van der Waals surface area contributed by atoms with E-state index in [2.05, 4.69) is 24.9 Å². The Bertz CT molecular complexity index is 1200. The van der Waals surface area contributed by atoms with Crippen LogP contribution in [0.2, 0.25) is 0 Å². The second-order valence-corrected chi connectivity index (χ2v) is 9.94. The molecule has 0 bridgehead atoms. The Kier molecular flexibility index (Phi) is 6.32. The molecule has 168 valence electrons. The van der Waals surface area contributed by atoms with Crippen molar-refractivity contribution in [3.05, 3.63) is 65.5 Å². The van der Waals surface area contributed by atoms with Crippen molar-refractivity contribution in [1.82, 2.24) is 9.97 Å². The first-order valence-corrected chi connectivity index (χ1v) is 12.4. The van der Waals surface area contributed by atoms with E-state index in [0.717, 1.165) is 41.5 Å². The molecule has 1 saturated heterocycles. The molecule has 1 aliphatic heterocycles. The van der Waals surface area contributed by atoms with Gasteiger partial charge < -0.3 is 10.2 Å². The van der Waals surface area contributed by atoms with Crippen LogP contribution >= 0.6 is 0 Å². The number of anilines is 4. The highest BCUT2D eigenvalue weighted by Crippen LogP contribution is 2.24. The van der Waals surface area contributed by atoms with E-state index < -0.39 is 10.0 Å². The Hall–Kier alpha value is -3.13. The average molecular weight is 452 g/mol. The van der Waals surface area contributed by atoms with Gasteiger partial charge in [-0.2, -0.15) is 0 Å². The third-order valence-corrected chi connectivity index (χ3v) is 7.08. The van der Waals surface area contributed by atoms with Gasteiger partial charge >= 0.3 is 0 Å². The van der Waals surface area contributed by atoms with Crippen LogP contribution in [0.25, 0.3) is 0 Å². The summed E-state index contributed by atoms with van der Waals surface area (Å²) in [5.74, 6) is 2.38. The standard InChI is InChI=1S/C24H29N5O2S/c1-17-7-12-22(15-18(17)2)32(30,31)28-21-10-8-20(9-11-21)27-23-16-24(26-19(3)25-23)29-13-5-4-6-14-29/h7-12,15-16,28H,4-6,13-14H2,1-3H3,(H,25,26,27). The molecular formula is C24H29N5O2S. The van der Waals surface area contributed by atoms with Gasteiger partial charge in [0.25, 0.3) is 10.0 Å². The molecule has 1 fully saturated rings. The minimum absolute atomic E-state index is 0.254. The van der Waals surface area contributed by atoms with Gasteiger partial charge in [-0.3, -0.25) is 4.72 Å². The number of rotatable bonds is 6. The van der Waals surface area contributed by atoms with Gasteiger partial charge in [-0.1, -0.05) is 6.07 Å². The van der Waals surface area contributed by atoms with Crippen LogP contribution in [-0.4, -0.2) is 31.5 Å². The molecule has 8 heteroatoms. The molecule has 2 N–H and O–H groups in total. The molecule has 2 aromatic carbocycles. The maximum absolute atomic E-state index is 12.7. The van der Waals surface area contributed by atoms with Crippen LogP contribution in [0.15, 0.2) is 53.4 Å². The number of nitrogens with one attached hydrogen (secondary N) is 2. The fourth-order valence-electron chi connectivity index (χ4n) is 3.77. The van der Waals surface area contributed by atoms with E-state index in [4.69, 9.17) is 0 Å². The number of nitrogens with zero attached hydrogens (tertiary/aromatic N) is 3. The van der Waals surface area contributed by atoms with Crippen LogP contribution in [0.1, 0.15) is 36.2 Å². The third-order valence-electron chi connectivity index (χ3n) is 5.70. The molecule has 0 spiro atoms. The number of benzene rings is 2. The lowest BCUT2D eigenvalue weighted by molar-refractivity contribution is 0.572. The van der Waals surface area contributed by atoms with E-state index in [1.165, 1.54) is 19.3 Å². The first kappa shape index (κ1) is 22.1. The molecule has 1 aromatic heterocycles. The van der Waals surface area contributed by atoms with Crippen molar-refractivity contribution in [2.45, 2.75) is 44.9 Å². The molecular weight excluding hydrogens is 422 g/mol. The zero-order valence-electron chi connectivity index (χ0n) is 18.7. The lowest BCUT2D eigenvalue weighted by Crippen LogP contribution is -2.30. The first-order chi connectivity index (χ1) is 15.3. The van der Waals surface area contributed by atoms with E-state index >= 15 is 0 Å². The highest BCUT2D eigenvalue weighted by Gasteiger charge is 2.16. The number of aromatic nitrogens is 2. The predicted molar refractivity (Wildman–Crippen MR) is 129 cm³/mol. The predicted octanol–water partition coefficient (Wildman–Crippen LogP) is 4.94. The summed E-state index contributed by atoms with van der Waals surface area (Å²) in [6.07, 6.45) is 3.64. The smallest absolute Gasteiger partial charge is 0.261 e. The fraction of sp³-hybridized carbons (Fsp3) is 0.333. The van der Waals surface area contributed by atoms with E-state index in [0.29, 0.717) is 11.5 Å². The van der Waals surface area contributed by atoms with E-state index in [-0.39, 0.29) is 4.90 Å². The van der Waals surface area contributed by atoms with Crippen molar-refractivity contribution < 1.29 is 8.42 Å². The van der Waals surface area contributed by atoms with Crippen LogP contribution < -0.4 is 14.9 Å². The number of sulfonamides is 1. The summed E-state index contributed by atoms with van der Waals surface area (Å²) in [4.78, 5) is 11.6. The third kappa shape index (κ3) is 5.19. The Balaban J connectivity index is 1.47. The van der Waals surface area contributed by atoms with Crippen molar-refractivity contribution in [3.8, 4) is 0 Å². The van der Waals surface area contributed by atoms with Crippen molar-refractivity contribution >= 4 is 33.0 Å². The second-order valence-electron chi connectivity index (χ2n) is 8.26. The normalized spacial score (nSPS) is 14.3. The monoisotopic (exact) mass is 451 g/mol. The zero-order valence-corrected chi connectivity index (χ0v) is 19.5. The number of hydrogen-bond donors (Lipinski definition) is 2.